The molecule has 0 radical (unpaired) electrons. The zero-order valence-corrected chi connectivity index (χ0v) is 10.7. The number of hydrogen-bond donors (Lipinski definition) is 0. The summed E-state index contributed by atoms with van der Waals surface area (Å²) in [6.45, 7) is 2.69. The van der Waals surface area contributed by atoms with E-state index in [2.05, 4.69) is 4.98 Å². The van der Waals surface area contributed by atoms with Gasteiger partial charge in [0.2, 0.25) is 11.8 Å². The van der Waals surface area contributed by atoms with E-state index >= 15 is 0 Å². The van der Waals surface area contributed by atoms with E-state index in [0.717, 1.165) is 4.90 Å². The van der Waals surface area contributed by atoms with E-state index in [0.29, 0.717) is 21.6 Å². The number of carbonyl (C=O) groups excluding carboxylic acids is 2. The summed E-state index contributed by atoms with van der Waals surface area (Å²) >= 11 is 6.04. The second kappa shape index (κ2) is 4.74. The van der Waals surface area contributed by atoms with Crippen LogP contribution in [0.3, 0.4) is 0 Å². The van der Waals surface area contributed by atoms with Crippen LogP contribution in [0.5, 0.6) is 0 Å². The van der Waals surface area contributed by atoms with E-state index in [9.17, 15) is 9.59 Å². The first-order valence-electron chi connectivity index (χ1n) is 5.37. The van der Waals surface area contributed by atoms with Crippen molar-refractivity contribution >= 4 is 40.0 Å². The minimum atomic E-state index is -0.338. The first kappa shape index (κ1) is 12.5. The minimum Gasteiger partial charge on any atom is -0.274 e. The third kappa shape index (κ3) is 2.07. The Balaban J connectivity index is 2.75. The number of anilines is 1. The van der Waals surface area contributed by atoms with Crippen LogP contribution in [-0.2, 0) is 9.59 Å². The Labute approximate surface area is 109 Å². The molecule has 4 nitrogen and oxygen atoms in total. The molecule has 1 aromatic carbocycles. The largest absolute Gasteiger partial charge is 0.274 e. The lowest BCUT2D eigenvalue weighted by atomic mass is 10.1. The molecule has 0 unspecified atom stereocenters. The zero-order chi connectivity index (χ0) is 13.3. The summed E-state index contributed by atoms with van der Waals surface area (Å²) < 4.78 is 0. The van der Waals surface area contributed by atoms with Crippen LogP contribution in [-0.4, -0.2) is 16.8 Å². The number of carbonyl (C=O) groups is 2. The van der Waals surface area contributed by atoms with E-state index in [1.807, 2.05) is 0 Å². The Morgan fingerprint density at radius 3 is 2.44 bits per heavy atom. The fourth-order valence-electron chi connectivity index (χ4n) is 1.88. The van der Waals surface area contributed by atoms with E-state index in [1.54, 1.807) is 30.5 Å². The first-order chi connectivity index (χ1) is 8.52. The molecule has 1 aromatic heterocycles. The summed E-state index contributed by atoms with van der Waals surface area (Å²) in [4.78, 5) is 28.4. The van der Waals surface area contributed by atoms with Crippen molar-refractivity contribution in [2.45, 2.75) is 13.8 Å². The Kier molecular flexibility index (Phi) is 3.30. The van der Waals surface area contributed by atoms with Gasteiger partial charge in [-0.2, -0.15) is 0 Å². The van der Waals surface area contributed by atoms with Crippen molar-refractivity contribution in [3.05, 3.63) is 35.5 Å². The van der Waals surface area contributed by atoms with Crippen LogP contribution in [0.15, 0.2) is 30.5 Å². The van der Waals surface area contributed by atoms with Gasteiger partial charge in [0.25, 0.3) is 0 Å². The van der Waals surface area contributed by atoms with E-state index < -0.39 is 0 Å². The highest BCUT2D eigenvalue weighted by atomic mass is 35.5. The average Bonchev–Trinajstić information content (AvgIpc) is 2.32. The molecule has 2 rings (SSSR count). The molecule has 0 aliphatic heterocycles. The minimum absolute atomic E-state index is 0.338. The number of aromatic nitrogens is 1. The number of benzene rings is 1. The summed E-state index contributed by atoms with van der Waals surface area (Å²) in [5.41, 5.74) is 1.08. The van der Waals surface area contributed by atoms with Gasteiger partial charge in [-0.25, -0.2) is 0 Å². The highest BCUT2D eigenvalue weighted by molar-refractivity contribution is 6.36. The number of pyridine rings is 1. The van der Waals surface area contributed by atoms with Crippen LogP contribution in [0, 0.1) is 0 Å². The number of rotatable bonds is 1. The van der Waals surface area contributed by atoms with Crippen molar-refractivity contribution in [1.82, 2.24) is 4.98 Å². The summed E-state index contributed by atoms with van der Waals surface area (Å²) in [7, 11) is 0. The van der Waals surface area contributed by atoms with Gasteiger partial charge in [-0.15, -0.1) is 0 Å². The first-order valence-corrected chi connectivity index (χ1v) is 5.74. The molecule has 0 saturated heterocycles. The lowest BCUT2D eigenvalue weighted by Gasteiger charge is -2.19. The smallest absolute Gasteiger partial charge is 0.230 e. The average molecular weight is 263 g/mol. The Bertz CT molecular complexity index is 626. The maximum Gasteiger partial charge on any atom is 0.230 e. The number of amides is 2. The fraction of sp³-hybridized carbons (Fsp3) is 0.154. The standard InChI is InChI=1S/C13H11ClN2O2/c1-8(17)16(9(2)18)12-6-5-11(14)13-10(12)4-3-7-15-13/h3-7H,1-2H3. The number of nitrogens with zero attached hydrogens (tertiary/aromatic N) is 2. The molecule has 0 saturated carbocycles. The van der Waals surface area contributed by atoms with Crippen molar-refractivity contribution in [2.24, 2.45) is 0 Å². The normalized spacial score (nSPS) is 10.4. The van der Waals surface area contributed by atoms with Crippen LogP contribution in [0.1, 0.15) is 13.8 Å². The van der Waals surface area contributed by atoms with Crippen LogP contribution in [0.2, 0.25) is 5.02 Å². The predicted octanol–water partition coefficient (Wildman–Crippen LogP) is 2.79. The number of fused-ring (bicyclic) bond motifs is 1. The Morgan fingerprint density at radius 1 is 1.17 bits per heavy atom. The molecule has 2 amide bonds. The van der Waals surface area contributed by atoms with Crippen molar-refractivity contribution in [2.75, 3.05) is 4.90 Å². The molecule has 0 aliphatic carbocycles. The summed E-state index contributed by atoms with van der Waals surface area (Å²) in [5.74, 6) is -0.676. The predicted molar refractivity (Wildman–Crippen MR) is 70.6 cm³/mol. The fourth-order valence-corrected chi connectivity index (χ4v) is 2.09. The molecule has 18 heavy (non-hydrogen) atoms. The van der Waals surface area contributed by atoms with Gasteiger partial charge in [-0.1, -0.05) is 11.6 Å². The van der Waals surface area contributed by atoms with Crippen LogP contribution in [0.4, 0.5) is 5.69 Å². The molecule has 0 atom stereocenters. The summed E-state index contributed by atoms with van der Waals surface area (Å²) in [6.07, 6.45) is 1.61. The molecule has 0 N–H and O–H groups in total. The molecule has 5 heteroatoms. The Morgan fingerprint density at radius 2 is 1.83 bits per heavy atom. The lowest BCUT2D eigenvalue weighted by molar-refractivity contribution is -0.124. The zero-order valence-electron chi connectivity index (χ0n) is 9.98. The van der Waals surface area contributed by atoms with Crippen LogP contribution >= 0.6 is 11.6 Å². The molecule has 0 spiro atoms. The molecule has 1 heterocycles. The van der Waals surface area contributed by atoms with Gasteiger partial charge in [0.15, 0.2) is 0 Å². The second-order valence-electron chi connectivity index (χ2n) is 3.84. The summed E-state index contributed by atoms with van der Waals surface area (Å²) in [5, 5.41) is 1.16. The van der Waals surface area contributed by atoms with Gasteiger partial charge in [0, 0.05) is 25.4 Å². The van der Waals surface area contributed by atoms with Gasteiger partial charge in [0.05, 0.1) is 16.2 Å². The van der Waals surface area contributed by atoms with Crippen molar-refractivity contribution < 1.29 is 9.59 Å². The molecule has 0 aliphatic rings. The molecule has 0 bridgehead atoms. The van der Waals surface area contributed by atoms with Gasteiger partial charge >= 0.3 is 0 Å². The van der Waals surface area contributed by atoms with Gasteiger partial charge in [0.1, 0.15) is 0 Å². The maximum absolute atomic E-state index is 11.6. The van der Waals surface area contributed by atoms with E-state index in [-0.39, 0.29) is 11.8 Å². The van der Waals surface area contributed by atoms with Gasteiger partial charge < -0.3 is 0 Å². The van der Waals surface area contributed by atoms with E-state index in [4.69, 9.17) is 11.6 Å². The SMILES string of the molecule is CC(=O)N(C(C)=O)c1ccc(Cl)c2ncccc12. The molecular formula is C13H11ClN2O2. The molecule has 0 fully saturated rings. The number of hydrogen-bond acceptors (Lipinski definition) is 3. The quantitative estimate of drug-likeness (QED) is 0.794. The molecule has 2 aromatic rings. The van der Waals surface area contributed by atoms with E-state index in [1.165, 1.54) is 13.8 Å². The Hall–Kier alpha value is -1.94. The van der Waals surface area contributed by atoms with Gasteiger partial charge in [-0.3, -0.25) is 19.5 Å². The topological polar surface area (TPSA) is 50.3 Å². The second-order valence-corrected chi connectivity index (χ2v) is 4.25. The van der Waals surface area contributed by atoms with Crippen molar-refractivity contribution in [3.8, 4) is 0 Å². The molecule has 92 valence electrons. The number of halogens is 1. The summed E-state index contributed by atoms with van der Waals surface area (Å²) in [6, 6.07) is 6.79. The van der Waals surface area contributed by atoms with Gasteiger partial charge in [-0.05, 0) is 24.3 Å². The maximum atomic E-state index is 11.6. The lowest BCUT2D eigenvalue weighted by Crippen LogP contribution is -2.33. The highest BCUT2D eigenvalue weighted by Crippen LogP contribution is 2.30. The van der Waals surface area contributed by atoms with Crippen LogP contribution < -0.4 is 4.90 Å². The van der Waals surface area contributed by atoms with Crippen LogP contribution in [0.25, 0.3) is 10.9 Å². The van der Waals surface area contributed by atoms with Crippen molar-refractivity contribution in [3.63, 3.8) is 0 Å². The monoisotopic (exact) mass is 262 g/mol. The van der Waals surface area contributed by atoms with Crippen molar-refractivity contribution in [1.29, 1.82) is 0 Å². The highest BCUT2D eigenvalue weighted by Gasteiger charge is 2.19. The molecular weight excluding hydrogens is 252 g/mol. The third-order valence-electron chi connectivity index (χ3n) is 2.57. The number of imide groups is 1. The third-order valence-corrected chi connectivity index (χ3v) is 2.87.